The molecule has 0 saturated carbocycles. The number of hydrogen-bond acceptors (Lipinski definition) is 8. The first-order valence-electron chi connectivity index (χ1n) is 8.96. The van der Waals surface area contributed by atoms with Gasteiger partial charge in [0.1, 0.15) is 12.0 Å². The number of aromatic nitrogens is 6. The van der Waals surface area contributed by atoms with Gasteiger partial charge in [-0.3, -0.25) is 0 Å². The van der Waals surface area contributed by atoms with Crippen LogP contribution in [0, 0.1) is 0 Å². The van der Waals surface area contributed by atoms with E-state index in [-0.39, 0.29) is 6.04 Å². The van der Waals surface area contributed by atoms with Crippen LogP contribution in [0.3, 0.4) is 0 Å². The molecule has 9 heteroatoms. The third-order valence-corrected chi connectivity index (χ3v) is 4.20. The standard InChI is InChI=1S/C20H23N7O2/c1-5-14(8-6-7-13(2)21)11-27-20(24-25-26-27)19-15-9-17(28-3)18(29-4)10-16(15)22-12-23-19/h5-10,12-13H,1,11,21H2,2-4H3/b7-6-,14-8+. The molecule has 2 N–H and O–H groups in total. The van der Waals surface area contributed by atoms with Crippen LogP contribution in [0.5, 0.6) is 11.5 Å². The van der Waals surface area contributed by atoms with Gasteiger partial charge in [-0.25, -0.2) is 14.6 Å². The minimum Gasteiger partial charge on any atom is -0.493 e. The lowest BCUT2D eigenvalue weighted by Crippen LogP contribution is -2.10. The highest BCUT2D eigenvalue weighted by molar-refractivity contribution is 5.92. The number of nitrogens with two attached hydrogens (primary N) is 1. The van der Waals surface area contributed by atoms with Crippen molar-refractivity contribution in [3.05, 3.63) is 54.9 Å². The van der Waals surface area contributed by atoms with E-state index in [1.54, 1.807) is 31.0 Å². The number of benzene rings is 1. The number of fused-ring (bicyclic) bond motifs is 1. The van der Waals surface area contributed by atoms with Crippen molar-refractivity contribution in [1.29, 1.82) is 0 Å². The van der Waals surface area contributed by atoms with Gasteiger partial charge in [0.15, 0.2) is 11.5 Å². The van der Waals surface area contributed by atoms with Crippen molar-refractivity contribution in [2.24, 2.45) is 5.73 Å². The van der Waals surface area contributed by atoms with Crippen molar-refractivity contribution in [2.45, 2.75) is 19.5 Å². The fourth-order valence-corrected chi connectivity index (χ4v) is 2.75. The number of methoxy groups -OCH3 is 2. The van der Waals surface area contributed by atoms with Crippen LogP contribution in [0.1, 0.15) is 6.92 Å². The van der Waals surface area contributed by atoms with E-state index in [9.17, 15) is 0 Å². The molecular weight excluding hydrogens is 370 g/mol. The summed E-state index contributed by atoms with van der Waals surface area (Å²) in [4.78, 5) is 8.74. The van der Waals surface area contributed by atoms with Gasteiger partial charge in [-0.15, -0.1) is 5.10 Å². The molecule has 0 bridgehead atoms. The molecule has 2 aromatic heterocycles. The van der Waals surface area contributed by atoms with Crippen LogP contribution in [0.25, 0.3) is 22.4 Å². The van der Waals surface area contributed by atoms with Gasteiger partial charge in [0.2, 0.25) is 5.82 Å². The average molecular weight is 393 g/mol. The molecule has 0 saturated heterocycles. The lowest BCUT2D eigenvalue weighted by molar-refractivity contribution is 0.356. The Labute approximate surface area is 168 Å². The molecule has 1 aromatic carbocycles. The number of ether oxygens (including phenoxy) is 2. The van der Waals surface area contributed by atoms with E-state index in [1.165, 1.54) is 6.33 Å². The third-order valence-electron chi connectivity index (χ3n) is 4.20. The fraction of sp³-hybridized carbons (Fsp3) is 0.250. The molecule has 150 valence electrons. The monoisotopic (exact) mass is 393 g/mol. The second-order valence-electron chi connectivity index (χ2n) is 6.30. The van der Waals surface area contributed by atoms with Crippen molar-refractivity contribution in [1.82, 2.24) is 30.2 Å². The smallest absolute Gasteiger partial charge is 0.201 e. The second kappa shape index (κ2) is 9.07. The minimum absolute atomic E-state index is 0.0275. The molecule has 1 unspecified atom stereocenters. The summed E-state index contributed by atoms with van der Waals surface area (Å²) in [6, 6.07) is 3.58. The first-order chi connectivity index (χ1) is 14.1. The number of hydrogen-bond donors (Lipinski definition) is 1. The molecule has 0 aliphatic carbocycles. The van der Waals surface area contributed by atoms with Gasteiger partial charge >= 0.3 is 0 Å². The molecule has 29 heavy (non-hydrogen) atoms. The maximum Gasteiger partial charge on any atom is 0.201 e. The minimum atomic E-state index is -0.0275. The average Bonchev–Trinajstić information content (AvgIpc) is 3.19. The Morgan fingerprint density at radius 3 is 2.69 bits per heavy atom. The summed E-state index contributed by atoms with van der Waals surface area (Å²) in [7, 11) is 3.16. The summed E-state index contributed by atoms with van der Waals surface area (Å²) in [5.41, 5.74) is 7.95. The van der Waals surface area contributed by atoms with Gasteiger partial charge in [-0.1, -0.05) is 30.9 Å². The van der Waals surface area contributed by atoms with E-state index in [0.29, 0.717) is 35.1 Å². The van der Waals surface area contributed by atoms with Crippen molar-refractivity contribution in [3.8, 4) is 23.0 Å². The predicted octanol–water partition coefficient (Wildman–Crippen LogP) is 2.32. The number of nitrogens with zero attached hydrogens (tertiary/aromatic N) is 6. The Balaban J connectivity index is 2.04. The van der Waals surface area contributed by atoms with Crippen LogP contribution in [0.4, 0.5) is 0 Å². The molecule has 0 fully saturated rings. The van der Waals surface area contributed by atoms with Crippen molar-refractivity contribution in [2.75, 3.05) is 14.2 Å². The summed E-state index contributed by atoms with van der Waals surface area (Å²) < 4.78 is 12.4. The SMILES string of the molecule is C=C/C(=C\C=C/C(C)N)Cn1nnnc1-c1ncnc2cc(OC)c(OC)cc12. The molecule has 0 aliphatic rings. The number of rotatable bonds is 8. The normalized spacial score (nSPS) is 13.0. The molecule has 3 aromatic rings. The Hall–Kier alpha value is -3.59. The Kier molecular flexibility index (Phi) is 6.30. The van der Waals surface area contributed by atoms with Crippen molar-refractivity contribution >= 4 is 10.9 Å². The zero-order chi connectivity index (χ0) is 20.8. The maximum absolute atomic E-state index is 5.74. The van der Waals surface area contributed by atoms with Crippen LogP contribution in [-0.4, -0.2) is 50.4 Å². The van der Waals surface area contributed by atoms with Gasteiger partial charge in [0.05, 0.1) is 26.3 Å². The van der Waals surface area contributed by atoms with Gasteiger partial charge in [0.25, 0.3) is 0 Å². The highest BCUT2D eigenvalue weighted by Crippen LogP contribution is 2.34. The Bertz CT molecular complexity index is 1070. The Morgan fingerprint density at radius 1 is 1.24 bits per heavy atom. The zero-order valence-corrected chi connectivity index (χ0v) is 16.6. The highest BCUT2D eigenvalue weighted by Gasteiger charge is 2.17. The summed E-state index contributed by atoms with van der Waals surface area (Å²) in [5.74, 6) is 1.67. The molecular formula is C20H23N7O2. The van der Waals surface area contributed by atoms with E-state index in [2.05, 4.69) is 32.1 Å². The lowest BCUT2D eigenvalue weighted by atomic mass is 10.1. The topological polar surface area (TPSA) is 114 Å². The highest BCUT2D eigenvalue weighted by atomic mass is 16.5. The van der Waals surface area contributed by atoms with Gasteiger partial charge in [-0.05, 0) is 29.0 Å². The molecule has 0 radical (unpaired) electrons. The van der Waals surface area contributed by atoms with E-state index < -0.39 is 0 Å². The molecule has 9 nitrogen and oxygen atoms in total. The van der Waals surface area contributed by atoms with Crippen molar-refractivity contribution in [3.63, 3.8) is 0 Å². The van der Waals surface area contributed by atoms with Crippen LogP contribution >= 0.6 is 0 Å². The quantitative estimate of drug-likeness (QED) is 0.580. The first kappa shape index (κ1) is 20.2. The van der Waals surface area contributed by atoms with E-state index in [0.717, 1.165) is 11.0 Å². The Morgan fingerprint density at radius 2 is 2.00 bits per heavy atom. The van der Waals surface area contributed by atoms with Crippen LogP contribution in [0.15, 0.2) is 54.9 Å². The van der Waals surface area contributed by atoms with Crippen LogP contribution in [-0.2, 0) is 6.54 Å². The van der Waals surface area contributed by atoms with E-state index >= 15 is 0 Å². The number of tetrazole rings is 1. The number of allylic oxidation sites excluding steroid dienone is 4. The molecule has 0 amide bonds. The second-order valence-corrected chi connectivity index (χ2v) is 6.30. The molecule has 0 spiro atoms. The van der Waals surface area contributed by atoms with Gasteiger partial charge < -0.3 is 15.2 Å². The fourth-order valence-electron chi connectivity index (χ4n) is 2.75. The van der Waals surface area contributed by atoms with E-state index in [4.69, 9.17) is 15.2 Å². The summed E-state index contributed by atoms with van der Waals surface area (Å²) in [6.45, 7) is 6.19. The largest absolute Gasteiger partial charge is 0.493 e. The predicted molar refractivity (Wildman–Crippen MR) is 111 cm³/mol. The molecule has 2 heterocycles. The lowest BCUT2D eigenvalue weighted by Gasteiger charge is -2.11. The van der Waals surface area contributed by atoms with Crippen molar-refractivity contribution < 1.29 is 9.47 Å². The van der Waals surface area contributed by atoms with E-state index in [1.807, 2.05) is 31.2 Å². The first-order valence-corrected chi connectivity index (χ1v) is 8.96. The summed E-state index contributed by atoms with van der Waals surface area (Å²) >= 11 is 0. The van der Waals surface area contributed by atoms with Gasteiger partial charge in [-0.2, -0.15) is 0 Å². The third kappa shape index (κ3) is 4.46. The molecule has 0 aliphatic heterocycles. The van der Waals surface area contributed by atoms with Gasteiger partial charge in [0, 0.05) is 17.5 Å². The van der Waals surface area contributed by atoms with Crippen LogP contribution in [0.2, 0.25) is 0 Å². The summed E-state index contributed by atoms with van der Waals surface area (Å²) in [6.07, 6.45) is 8.93. The zero-order valence-electron chi connectivity index (χ0n) is 16.6. The molecule has 3 rings (SSSR count). The maximum atomic E-state index is 5.74. The van der Waals surface area contributed by atoms with Crippen LogP contribution < -0.4 is 15.2 Å². The summed E-state index contributed by atoms with van der Waals surface area (Å²) in [5, 5.41) is 12.9. The molecule has 1 atom stereocenters.